The molecule has 1 aromatic heterocycles. The van der Waals surface area contributed by atoms with E-state index in [1.54, 1.807) is 0 Å². The highest BCUT2D eigenvalue weighted by atomic mass is 16.5. The molecule has 22 heavy (non-hydrogen) atoms. The van der Waals surface area contributed by atoms with E-state index in [0.717, 1.165) is 50.1 Å². The minimum atomic E-state index is 0.420. The summed E-state index contributed by atoms with van der Waals surface area (Å²) in [4.78, 5) is 7.01. The normalized spacial score (nSPS) is 17.6. The van der Waals surface area contributed by atoms with Gasteiger partial charge < -0.3 is 4.74 Å². The maximum absolute atomic E-state index is 5.43. The summed E-state index contributed by atoms with van der Waals surface area (Å²) in [5.74, 6) is 1.77. The molecule has 0 aliphatic carbocycles. The molecule has 1 saturated heterocycles. The van der Waals surface area contributed by atoms with Crippen molar-refractivity contribution >= 4 is 0 Å². The van der Waals surface area contributed by atoms with Gasteiger partial charge >= 0.3 is 0 Å². The van der Waals surface area contributed by atoms with Gasteiger partial charge in [0.1, 0.15) is 5.82 Å². The SMILES string of the molecule is CCn1nc(C)nc1-c1ccc(C(C)N2CCOCC2)cc1. The highest BCUT2D eigenvalue weighted by Gasteiger charge is 2.18. The standard InChI is InChI=1S/C17H24N4O/c1-4-21-17(18-14(3)19-21)16-7-5-15(6-8-16)13(2)20-9-11-22-12-10-20/h5-8,13H,4,9-12H2,1-3H3. The summed E-state index contributed by atoms with van der Waals surface area (Å²) >= 11 is 0. The first-order valence-corrected chi connectivity index (χ1v) is 8.02. The summed E-state index contributed by atoms with van der Waals surface area (Å²) in [6.45, 7) is 10.8. The molecule has 2 aromatic rings. The Morgan fingerprint density at radius 1 is 1.18 bits per heavy atom. The zero-order chi connectivity index (χ0) is 15.5. The Bertz CT molecular complexity index is 614. The van der Waals surface area contributed by atoms with E-state index in [0.29, 0.717) is 6.04 Å². The number of hydrogen-bond acceptors (Lipinski definition) is 4. The van der Waals surface area contributed by atoms with E-state index in [1.165, 1.54) is 5.56 Å². The number of morpholine rings is 1. The molecule has 5 heteroatoms. The summed E-state index contributed by atoms with van der Waals surface area (Å²) in [5, 5.41) is 4.42. The molecule has 1 aliphatic heterocycles. The van der Waals surface area contributed by atoms with E-state index >= 15 is 0 Å². The van der Waals surface area contributed by atoms with Crippen LogP contribution >= 0.6 is 0 Å². The molecule has 5 nitrogen and oxygen atoms in total. The molecule has 2 heterocycles. The van der Waals surface area contributed by atoms with Gasteiger partial charge in [0.25, 0.3) is 0 Å². The number of aromatic nitrogens is 3. The molecule has 0 saturated carbocycles. The molecule has 1 unspecified atom stereocenters. The van der Waals surface area contributed by atoms with Crippen molar-refractivity contribution in [2.24, 2.45) is 0 Å². The zero-order valence-corrected chi connectivity index (χ0v) is 13.6. The number of rotatable bonds is 4. The van der Waals surface area contributed by atoms with Crippen LogP contribution in [0.3, 0.4) is 0 Å². The second-order valence-corrected chi connectivity index (χ2v) is 5.74. The van der Waals surface area contributed by atoms with Crippen molar-refractivity contribution in [2.75, 3.05) is 26.3 Å². The van der Waals surface area contributed by atoms with Gasteiger partial charge in [-0.25, -0.2) is 9.67 Å². The van der Waals surface area contributed by atoms with Crippen LogP contribution in [-0.4, -0.2) is 46.0 Å². The van der Waals surface area contributed by atoms with Gasteiger partial charge in [0.15, 0.2) is 5.82 Å². The Hall–Kier alpha value is -1.72. The lowest BCUT2D eigenvalue weighted by molar-refractivity contribution is 0.0198. The fourth-order valence-corrected chi connectivity index (χ4v) is 2.98. The fourth-order valence-electron chi connectivity index (χ4n) is 2.98. The average Bonchev–Trinajstić information content (AvgIpc) is 2.96. The molecule has 1 fully saturated rings. The first kappa shape index (κ1) is 15.2. The van der Waals surface area contributed by atoms with Crippen LogP contribution in [0.5, 0.6) is 0 Å². The van der Waals surface area contributed by atoms with Gasteiger partial charge in [-0.3, -0.25) is 4.90 Å². The van der Waals surface area contributed by atoms with Crippen LogP contribution in [0.2, 0.25) is 0 Å². The number of aryl methyl sites for hydroxylation is 2. The zero-order valence-electron chi connectivity index (χ0n) is 13.6. The van der Waals surface area contributed by atoms with Gasteiger partial charge in [0.2, 0.25) is 0 Å². The number of hydrogen-bond donors (Lipinski definition) is 0. The molecule has 0 radical (unpaired) electrons. The Morgan fingerprint density at radius 3 is 2.50 bits per heavy atom. The summed E-state index contributed by atoms with van der Waals surface area (Å²) in [7, 11) is 0. The van der Waals surface area contributed by atoms with Crippen LogP contribution < -0.4 is 0 Å². The maximum atomic E-state index is 5.43. The predicted octanol–water partition coefficient (Wildman–Crippen LogP) is 2.67. The minimum Gasteiger partial charge on any atom is -0.379 e. The average molecular weight is 300 g/mol. The number of benzene rings is 1. The Balaban J connectivity index is 1.80. The minimum absolute atomic E-state index is 0.420. The number of ether oxygens (including phenoxy) is 1. The van der Waals surface area contributed by atoms with E-state index in [2.05, 4.69) is 53.1 Å². The van der Waals surface area contributed by atoms with Crippen molar-refractivity contribution < 1.29 is 4.74 Å². The molecule has 118 valence electrons. The van der Waals surface area contributed by atoms with E-state index < -0.39 is 0 Å². The Kier molecular flexibility index (Phi) is 4.55. The Labute approximate surface area is 131 Å². The van der Waals surface area contributed by atoms with Crippen molar-refractivity contribution in [3.05, 3.63) is 35.7 Å². The lowest BCUT2D eigenvalue weighted by atomic mass is 10.0. The van der Waals surface area contributed by atoms with Crippen molar-refractivity contribution in [1.82, 2.24) is 19.7 Å². The van der Waals surface area contributed by atoms with Gasteiger partial charge in [-0.05, 0) is 26.3 Å². The molecule has 0 N–H and O–H groups in total. The Morgan fingerprint density at radius 2 is 1.86 bits per heavy atom. The molecule has 3 rings (SSSR count). The third-order valence-electron chi connectivity index (χ3n) is 4.32. The van der Waals surface area contributed by atoms with Gasteiger partial charge in [-0.15, -0.1) is 0 Å². The highest BCUT2D eigenvalue weighted by Crippen LogP contribution is 2.24. The number of nitrogens with zero attached hydrogens (tertiary/aromatic N) is 4. The summed E-state index contributed by atoms with van der Waals surface area (Å²) in [5.41, 5.74) is 2.46. The quantitative estimate of drug-likeness (QED) is 0.870. The first-order valence-electron chi connectivity index (χ1n) is 8.02. The molecular weight excluding hydrogens is 276 g/mol. The molecule has 0 spiro atoms. The van der Waals surface area contributed by atoms with Crippen molar-refractivity contribution in [3.63, 3.8) is 0 Å². The summed E-state index contributed by atoms with van der Waals surface area (Å²) < 4.78 is 7.39. The molecule has 1 aliphatic rings. The van der Waals surface area contributed by atoms with Crippen LogP contribution in [0, 0.1) is 6.92 Å². The van der Waals surface area contributed by atoms with Crippen LogP contribution in [-0.2, 0) is 11.3 Å². The smallest absolute Gasteiger partial charge is 0.158 e. The topological polar surface area (TPSA) is 43.2 Å². The van der Waals surface area contributed by atoms with E-state index in [1.807, 2.05) is 11.6 Å². The second kappa shape index (κ2) is 6.58. The summed E-state index contributed by atoms with van der Waals surface area (Å²) in [6.07, 6.45) is 0. The monoisotopic (exact) mass is 300 g/mol. The van der Waals surface area contributed by atoms with Crippen molar-refractivity contribution in [3.8, 4) is 11.4 Å². The van der Waals surface area contributed by atoms with Gasteiger partial charge in [0, 0.05) is 31.2 Å². The molecule has 1 aromatic carbocycles. The molecule has 0 amide bonds. The third-order valence-corrected chi connectivity index (χ3v) is 4.32. The predicted molar refractivity (Wildman–Crippen MR) is 86.7 cm³/mol. The highest BCUT2D eigenvalue weighted by molar-refractivity contribution is 5.55. The fraction of sp³-hybridized carbons (Fsp3) is 0.529. The first-order chi connectivity index (χ1) is 10.7. The summed E-state index contributed by atoms with van der Waals surface area (Å²) in [6, 6.07) is 9.15. The molecular formula is C17H24N4O. The van der Waals surface area contributed by atoms with Gasteiger partial charge in [0.05, 0.1) is 13.2 Å². The van der Waals surface area contributed by atoms with E-state index in [-0.39, 0.29) is 0 Å². The molecule has 0 bridgehead atoms. The third kappa shape index (κ3) is 3.05. The van der Waals surface area contributed by atoms with Crippen molar-refractivity contribution in [1.29, 1.82) is 0 Å². The van der Waals surface area contributed by atoms with Crippen LogP contribution in [0.1, 0.15) is 31.3 Å². The lowest BCUT2D eigenvalue weighted by Crippen LogP contribution is -2.37. The van der Waals surface area contributed by atoms with Crippen LogP contribution in [0.25, 0.3) is 11.4 Å². The lowest BCUT2D eigenvalue weighted by Gasteiger charge is -2.32. The largest absolute Gasteiger partial charge is 0.379 e. The second-order valence-electron chi connectivity index (χ2n) is 5.74. The van der Waals surface area contributed by atoms with Gasteiger partial charge in [-0.1, -0.05) is 24.3 Å². The maximum Gasteiger partial charge on any atom is 0.158 e. The van der Waals surface area contributed by atoms with E-state index in [9.17, 15) is 0 Å². The van der Waals surface area contributed by atoms with Gasteiger partial charge in [-0.2, -0.15) is 5.10 Å². The van der Waals surface area contributed by atoms with E-state index in [4.69, 9.17) is 4.74 Å². The van der Waals surface area contributed by atoms with Crippen molar-refractivity contribution in [2.45, 2.75) is 33.4 Å². The van der Waals surface area contributed by atoms with Crippen LogP contribution in [0.4, 0.5) is 0 Å². The van der Waals surface area contributed by atoms with Crippen LogP contribution in [0.15, 0.2) is 24.3 Å². The molecule has 1 atom stereocenters.